The van der Waals surface area contributed by atoms with E-state index in [1.165, 1.54) is 17.7 Å². The largest absolute Gasteiger partial charge is 0.445 e. The zero-order valence-corrected chi connectivity index (χ0v) is 13.7. The molecule has 0 aliphatic rings. The lowest BCUT2D eigenvalue weighted by Gasteiger charge is -2.00. The summed E-state index contributed by atoms with van der Waals surface area (Å²) in [5.41, 5.74) is 0. The first-order valence-corrected chi connectivity index (χ1v) is 8.48. The van der Waals surface area contributed by atoms with Gasteiger partial charge < -0.3 is 4.42 Å². The Morgan fingerprint density at radius 3 is 3.00 bits per heavy atom. The highest BCUT2D eigenvalue weighted by Gasteiger charge is 2.10. The van der Waals surface area contributed by atoms with Gasteiger partial charge in [-0.1, -0.05) is 18.3 Å². The summed E-state index contributed by atoms with van der Waals surface area (Å²) in [6.45, 7) is 2.02. The Morgan fingerprint density at radius 1 is 1.35 bits per heavy atom. The van der Waals surface area contributed by atoms with E-state index >= 15 is 0 Å². The van der Waals surface area contributed by atoms with Crippen LogP contribution < -0.4 is 10.6 Å². The summed E-state index contributed by atoms with van der Waals surface area (Å²) in [6, 6.07) is -0.437. The summed E-state index contributed by atoms with van der Waals surface area (Å²) < 4.78 is 6.50. The van der Waals surface area contributed by atoms with Crippen LogP contribution in [0.15, 0.2) is 27.3 Å². The van der Waals surface area contributed by atoms with Gasteiger partial charge in [-0.3, -0.25) is 10.6 Å². The van der Waals surface area contributed by atoms with Crippen LogP contribution in [0.1, 0.15) is 18.6 Å². The number of aromatic amines is 1. The summed E-state index contributed by atoms with van der Waals surface area (Å²) in [5.74, 6) is 2.43. The Morgan fingerprint density at radius 2 is 2.26 bits per heavy atom. The average Bonchev–Trinajstić information content (AvgIpc) is 3.26. The van der Waals surface area contributed by atoms with Gasteiger partial charge in [-0.05, 0) is 0 Å². The van der Waals surface area contributed by atoms with Crippen molar-refractivity contribution in [1.29, 1.82) is 0 Å². The highest BCUT2D eigenvalue weighted by atomic mass is 32.2. The maximum atomic E-state index is 11.7. The molecule has 0 atom stereocenters. The number of aryl methyl sites for hydroxylation is 1. The van der Waals surface area contributed by atoms with Gasteiger partial charge in [-0.2, -0.15) is 10.1 Å². The van der Waals surface area contributed by atoms with Crippen LogP contribution in [0.25, 0.3) is 0 Å². The van der Waals surface area contributed by atoms with E-state index in [2.05, 4.69) is 35.8 Å². The van der Waals surface area contributed by atoms with E-state index in [-0.39, 0.29) is 5.95 Å². The third kappa shape index (κ3) is 4.29. The third-order valence-electron chi connectivity index (χ3n) is 2.64. The Balaban J connectivity index is 1.50. The fourth-order valence-electron chi connectivity index (χ4n) is 1.60. The first kappa shape index (κ1) is 15.5. The molecule has 0 saturated heterocycles. The zero-order valence-electron chi connectivity index (χ0n) is 12.1. The molecule has 0 spiro atoms. The normalized spacial score (nSPS) is 10.7. The van der Waals surface area contributed by atoms with Crippen molar-refractivity contribution in [3.8, 4) is 0 Å². The molecule has 0 aliphatic carbocycles. The van der Waals surface area contributed by atoms with Crippen molar-refractivity contribution >= 4 is 40.2 Å². The van der Waals surface area contributed by atoms with E-state index < -0.39 is 6.03 Å². The minimum Gasteiger partial charge on any atom is -0.445 e. The molecule has 0 unspecified atom stereocenters. The summed E-state index contributed by atoms with van der Waals surface area (Å²) in [4.78, 5) is 23.9. The number of rotatable bonds is 6. The van der Waals surface area contributed by atoms with Crippen LogP contribution in [-0.2, 0) is 12.2 Å². The van der Waals surface area contributed by atoms with E-state index in [1.54, 1.807) is 24.2 Å². The molecule has 0 saturated carbocycles. The molecule has 0 aromatic carbocycles. The highest BCUT2D eigenvalue weighted by molar-refractivity contribution is 8.00. The second kappa shape index (κ2) is 7.24. The van der Waals surface area contributed by atoms with Crippen LogP contribution in [0.5, 0.6) is 0 Å². The van der Waals surface area contributed by atoms with E-state index in [0.717, 1.165) is 16.4 Å². The van der Waals surface area contributed by atoms with Crippen molar-refractivity contribution < 1.29 is 9.21 Å². The second-order valence-electron chi connectivity index (χ2n) is 4.26. The predicted molar refractivity (Wildman–Crippen MR) is 86.6 cm³/mol. The molecule has 3 aromatic heterocycles. The second-order valence-corrected chi connectivity index (χ2v) is 6.57. The van der Waals surface area contributed by atoms with Crippen LogP contribution >= 0.6 is 23.1 Å². The van der Waals surface area contributed by atoms with Crippen LogP contribution in [0.2, 0.25) is 0 Å². The lowest BCUT2D eigenvalue weighted by atomic mass is 10.4. The van der Waals surface area contributed by atoms with E-state index in [9.17, 15) is 4.79 Å². The topological polar surface area (TPSA) is 122 Å². The Labute approximate surface area is 139 Å². The Hall–Kier alpha value is -2.40. The first-order chi connectivity index (χ1) is 11.2. The van der Waals surface area contributed by atoms with Crippen molar-refractivity contribution in [2.75, 3.05) is 10.6 Å². The van der Waals surface area contributed by atoms with Gasteiger partial charge in [0.2, 0.25) is 11.8 Å². The quantitative estimate of drug-likeness (QED) is 0.584. The molecule has 11 heteroatoms. The van der Waals surface area contributed by atoms with Crippen molar-refractivity contribution in [2.24, 2.45) is 0 Å². The molecule has 3 aromatic rings. The van der Waals surface area contributed by atoms with Crippen LogP contribution in [0, 0.1) is 0 Å². The lowest BCUT2D eigenvalue weighted by Crippen LogP contribution is -2.19. The van der Waals surface area contributed by atoms with E-state index in [0.29, 0.717) is 16.8 Å². The molecule has 0 aliphatic heterocycles. The molecule has 0 radical (unpaired) electrons. The number of thiazole rings is 1. The summed E-state index contributed by atoms with van der Waals surface area (Å²) in [5, 5.41) is 11.8. The molecular weight excluding hydrogens is 338 g/mol. The maximum Gasteiger partial charge on any atom is 0.327 e. The van der Waals surface area contributed by atoms with E-state index in [4.69, 9.17) is 4.42 Å². The Bertz CT molecular complexity index is 768. The number of urea groups is 1. The third-order valence-corrected chi connectivity index (χ3v) is 4.73. The molecule has 3 rings (SSSR count). The highest BCUT2D eigenvalue weighted by Crippen LogP contribution is 2.30. The van der Waals surface area contributed by atoms with Gasteiger partial charge in [-0.15, -0.1) is 11.8 Å². The van der Waals surface area contributed by atoms with Crippen molar-refractivity contribution in [1.82, 2.24) is 25.1 Å². The number of thioether (sulfide) groups is 1. The zero-order chi connectivity index (χ0) is 16.1. The number of hydrogen-bond acceptors (Lipinski definition) is 8. The molecule has 0 fully saturated rings. The van der Waals surface area contributed by atoms with Gasteiger partial charge in [0.15, 0.2) is 5.13 Å². The molecule has 2 amide bonds. The van der Waals surface area contributed by atoms with Gasteiger partial charge in [0, 0.05) is 6.42 Å². The van der Waals surface area contributed by atoms with Gasteiger partial charge in [0.05, 0.1) is 22.4 Å². The van der Waals surface area contributed by atoms with Gasteiger partial charge >= 0.3 is 6.03 Å². The minimum atomic E-state index is -0.437. The number of hydrogen-bond donors (Lipinski definition) is 3. The summed E-state index contributed by atoms with van der Waals surface area (Å²) in [7, 11) is 0. The van der Waals surface area contributed by atoms with Crippen LogP contribution in [-0.4, -0.2) is 31.2 Å². The standard InChI is InChI=1S/C12H13N7O2S2/c1-2-7-3-13-8(21-7)5-22-9-4-14-12(23-9)18-11(20)17-10-15-6-16-19-10/h3-4,6H,2,5H2,1H3,(H3,14,15,16,17,18,19,20). The maximum absolute atomic E-state index is 11.7. The fraction of sp³-hybridized carbons (Fsp3) is 0.250. The number of aromatic nitrogens is 5. The number of carbonyl (C=O) groups is 1. The number of amides is 2. The molecule has 0 bridgehead atoms. The predicted octanol–water partition coefficient (Wildman–Crippen LogP) is 2.75. The Kier molecular flexibility index (Phi) is 4.88. The van der Waals surface area contributed by atoms with Crippen molar-refractivity contribution in [3.63, 3.8) is 0 Å². The summed E-state index contributed by atoms with van der Waals surface area (Å²) in [6.07, 6.45) is 5.57. The van der Waals surface area contributed by atoms with Crippen molar-refractivity contribution in [2.45, 2.75) is 23.3 Å². The summed E-state index contributed by atoms with van der Waals surface area (Å²) >= 11 is 2.92. The van der Waals surface area contributed by atoms with Gasteiger partial charge in [-0.25, -0.2) is 19.9 Å². The number of anilines is 2. The average molecular weight is 351 g/mol. The number of oxazole rings is 1. The number of H-pyrrole nitrogens is 1. The van der Waals surface area contributed by atoms with Gasteiger partial charge in [0.25, 0.3) is 0 Å². The SMILES string of the molecule is CCc1cnc(CSc2cnc(NC(=O)Nc3ncn[nH]3)s2)o1. The monoisotopic (exact) mass is 351 g/mol. The molecule has 3 N–H and O–H groups in total. The number of nitrogens with zero attached hydrogens (tertiary/aromatic N) is 4. The lowest BCUT2D eigenvalue weighted by molar-refractivity contribution is 0.262. The smallest absolute Gasteiger partial charge is 0.327 e. The molecule has 23 heavy (non-hydrogen) atoms. The van der Waals surface area contributed by atoms with E-state index in [1.807, 2.05) is 6.92 Å². The molecule has 3 heterocycles. The molecule has 120 valence electrons. The van der Waals surface area contributed by atoms with Crippen molar-refractivity contribution in [3.05, 3.63) is 30.4 Å². The number of carbonyl (C=O) groups excluding carboxylic acids is 1. The number of nitrogens with one attached hydrogen (secondary N) is 3. The molecule has 9 nitrogen and oxygen atoms in total. The van der Waals surface area contributed by atoms with Crippen LogP contribution in [0.3, 0.4) is 0 Å². The molecular formula is C12H13N7O2S2. The fourth-order valence-corrected chi connectivity index (χ4v) is 3.32. The first-order valence-electron chi connectivity index (χ1n) is 6.68. The minimum absolute atomic E-state index is 0.268. The van der Waals surface area contributed by atoms with Gasteiger partial charge in [0.1, 0.15) is 12.1 Å². The van der Waals surface area contributed by atoms with Crippen LogP contribution in [0.4, 0.5) is 15.9 Å².